The molecule has 0 atom stereocenters. The van der Waals surface area contributed by atoms with Crippen molar-refractivity contribution in [3.05, 3.63) is 58.3 Å². The van der Waals surface area contributed by atoms with E-state index in [0.29, 0.717) is 23.9 Å². The normalized spacial score (nSPS) is 11.5. The molecule has 2 rings (SSSR count). The standard InChI is InChI=1S/C17H20N2O2S/c1-13(2)12-21-17(18-11-14-7-4-3-5-8-14)19-16(20)15-9-6-10-22-15/h3-10,13H,11-12H2,1-2H3,(H,18,19,20). The van der Waals surface area contributed by atoms with Crippen LogP contribution >= 0.6 is 11.3 Å². The van der Waals surface area contributed by atoms with Gasteiger partial charge in [-0.3, -0.25) is 10.1 Å². The van der Waals surface area contributed by atoms with Gasteiger partial charge in [0.2, 0.25) is 0 Å². The molecule has 5 heteroatoms. The number of nitrogens with zero attached hydrogens (tertiary/aromatic N) is 1. The number of hydrogen-bond acceptors (Lipinski definition) is 4. The summed E-state index contributed by atoms with van der Waals surface area (Å²) in [6.45, 7) is 5.09. The van der Waals surface area contributed by atoms with Crippen LogP contribution in [0.15, 0.2) is 52.8 Å². The first-order chi connectivity index (χ1) is 10.6. The fraction of sp³-hybridized carbons (Fsp3) is 0.294. The van der Waals surface area contributed by atoms with E-state index in [1.54, 1.807) is 6.07 Å². The molecule has 4 nitrogen and oxygen atoms in total. The molecule has 1 amide bonds. The first kappa shape index (κ1) is 16.2. The van der Waals surface area contributed by atoms with E-state index in [4.69, 9.17) is 4.74 Å². The largest absolute Gasteiger partial charge is 0.465 e. The molecular weight excluding hydrogens is 296 g/mol. The number of nitrogens with one attached hydrogen (secondary N) is 1. The zero-order valence-corrected chi connectivity index (χ0v) is 13.6. The smallest absolute Gasteiger partial charge is 0.292 e. The molecular formula is C17H20N2O2S. The van der Waals surface area contributed by atoms with Crippen molar-refractivity contribution in [2.24, 2.45) is 10.9 Å². The predicted molar refractivity (Wildman–Crippen MR) is 90.2 cm³/mol. The molecule has 2 aromatic rings. The Morgan fingerprint density at radius 3 is 2.64 bits per heavy atom. The van der Waals surface area contributed by atoms with Crippen LogP contribution in [-0.2, 0) is 11.3 Å². The van der Waals surface area contributed by atoms with E-state index < -0.39 is 0 Å². The van der Waals surface area contributed by atoms with Gasteiger partial charge < -0.3 is 4.74 Å². The first-order valence-corrected chi connectivity index (χ1v) is 8.09. The average molecular weight is 316 g/mol. The van der Waals surface area contributed by atoms with E-state index in [2.05, 4.69) is 24.2 Å². The number of amidine groups is 1. The van der Waals surface area contributed by atoms with Crippen molar-refractivity contribution >= 4 is 23.3 Å². The fourth-order valence-electron chi connectivity index (χ4n) is 1.68. The van der Waals surface area contributed by atoms with Crippen LogP contribution in [0.2, 0.25) is 0 Å². The number of thiophene rings is 1. The van der Waals surface area contributed by atoms with Gasteiger partial charge >= 0.3 is 0 Å². The summed E-state index contributed by atoms with van der Waals surface area (Å²) < 4.78 is 5.62. The van der Waals surface area contributed by atoms with Crippen LogP contribution in [0.1, 0.15) is 29.1 Å². The SMILES string of the molecule is CC(C)COC(=NCc1ccccc1)NC(=O)c1cccs1. The Balaban J connectivity index is 2.03. The number of benzene rings is 1. The van der Waals surface area contributed by atoms with Gasteiger partial charge in [-0.2, -0.15) is 0 Å². The number of ether oxygens (including phenoxy) is 1. The molecule has 1 aromatic heterocycles. The topological polar surface area (TPSA) is 50.7 Å². The van der Waals surface area contributed by atoms with Crippen molar-refractivity contribution in [2.75, 3.05) is 6.61 Å². The van der Waals surface area contributed by atoms with Gasteiger partial charge in [-0.1, -0.05) is 50.2 Å². The summed E-state index contributed by atoms with van der Waals surface area (Å²) in [6, 6.07) is 13.8. The molecule has 1 aromatic carbocycles. The fourth-order valence-corrected chi connectivity index (χ4v) is 2.30. The third-order valence-corrected chi connectivity index (χ3v) is 3.64. The summed E-state index contributed by atoms with van der Waals surface area (Å²) in [4.78, 5) is 17.1. The Morgan fingerprint density at radius 2 is 2.00 bits per heavy atom. The van der Waals surface area contributed by atoms with E-state index >= 15 is 0 Å². The average Bonchev–Trinajstić information content (AvgIpc) is 3.05. The molecule has 0 radical (unpaired) electrons. The van der Waals surface area contributed by atoms with Gasteiger partial charge in [0.15, 0.2) is 0 Å². The summed E-state index contributed by atoms with van der Waals surface area (Å²) in [6.07, 6.45) is 0. The molecule has 0 aliphatic carbocycles. The van der Waals surface area contributed by atoms with Gasteiger partial charge in [-0.05, 0) is 22.9 Å². The van der Waals surface area contributed by atoms with E-state index in [1.165, 1.54) is 11.3 Å². The second-order valence-corrected chi connectivity index (χ2v) is 6.19. The van der Waals surface area contributed by atoms with Crippen LogP contribution in [0.3, 0.4) is 0 Å². The summed E-state index contributed by atoms with van der Waals surface area (Å²) in [7, 11) is 0. The van der Waals surface area contributed by atoms with E-state index in [0.717, 1.165) is 5.56 Å². The summed E-state index contributed by atoms with van der Waals surface area (Å²) in [5, 5.41) is 4.61. The van der Waals surface area contributed by atoms with Crippen molar-refractivity contribution in [3.63, 3.8) is 0 Å². The van der Waals surface area contributed by atoms with Crippen LogP contribution < -0.4 is 5.32 Å². The molecule has 1 heterocycles. The van der Waals surface area contributed by atoms with Crippen LogP contribution in [0.25, 0.3) is 0 Å². The predicted octanol–water partition coefficient (Wildman–Crippen LogP) is 3.71. The van der Waals surface area contributed by atoms with Crippen molar-refractivity contribution in [2.45, 2.75) is 20.4 Å². The minimum atomic E-state index is -0.189. The molecule has 0 saturated carbocycles. The highest BCUT2D eigenvalue weighted by molar-refractivity contribution is 7.12. The lowest BCUT2D eigenvalue weighted by Gasteiger charge is -2.12. The molecule has 1 N–H and O–H groups in total. The monoisotopic (exact) mass is 316 g/mol. The number of amides is 1. The van der Waals surface area contributed by atoms with Gasteiger partial charge in [0, 0.05) is 0 Å². The van der Waals surface area contributed by atoms with Crippen molar-refractivity contribution in [1.82, 2.24) is 5.32 Å². The second-order valence-electron chi connectivity index (χ2n) is 5.24. The van der Waals surface area contributed by atoms with E-state index in [9.17, 15) is 4.79 Å². The molecule has 0 unspecified atom stereocenters. The maximum atomic E-state index is 12.1. The quantitative estimate of drug-likeness (QED) is 0.675. The number of rotatable bonds is 5. The van der Waals surface area contributed by atoms with Gasteiger partial charge in [0.25, 0.3) is 11.9 Å². The molecule has 0 bridgehead atoms. The number of hydrogen-bond donors (Lipinski definition) is 1. The zero-order valence-electron chi connectivity index (χ0n) is 12.8. The molecule has 0 aliphatic rings. The molecule has 0 saturated heterocycles. The Kier molecular flexibility index (Phi) is 6.15. The van der Waals surface area contributed by atoms with Crippen LogP contribution in [0.5, 0.6) is 0 Å². The summed E-state index contributed by atoms with van der Waals surface area (Å²) in [5.74, 6) is 0.172. The highest BCUT2D eigenvalue weighted by atomic mass is 32.1. The third-order valence-electron chi connectivity index (χ3n) is 2.77. The van der Waals surface area contributed by atoms with Crippen molar-refractivity contribution in [1.29, 1.82) is 0 Å². The minimum absolute atomic E-state index is 0.189. The summed E-state index contributed by atoms with van der Waals surface area (Å²) >= 11 is 1.39. The number of carbonyl (C=O) groups excluding carboxylic acids is 1. The second kappa shape index (κ2) is 8.34. The third kappa shape index (κ3) is 5.33. The first-order valence-electron chi connectivity index (χ1n) is 7.21. The Bertz CT molecular complexity index is 607. The van der Waals surface area contributed by atoms with E-state index in [1.807, 2.05) is 41.8 Å². The van der Waals surface area contributed by atoms with Crippen molar-refractivity contribution in [3.8, 4) is 0 Å². The van der Waals surface area contributed by atoms with Crippen LogP contribution in [0.4, 0.5) is 0 Å². The number of carbonyl (C=O) groups is 1. The lowest BCUT2D eigenvalue weighted by Crippen LogP contribution is -2.33. The summed E-state index contributed by atoms with van der Waals surface area (Å²) in [5.41, 5.74) is 1.07. The highest BCUT2D eigenvalue weighted by Crippen LogP contribution is 2.08. The molecule has 0 spiro atoms. The van der Waals surface area contributed by atoms with Gasteiger partial charge in [-0.25, -0.2) is 4.99 Å². The zero-order chi connectivity index (χ0) is 15.8. The minimum Gasteiger partial charge on any atom is -0.465 e. The molecule has 116 valence electrons. The molecule has 0 fully saturated rings. The molecule has 22 heavy (non-hydrogen) atoms. The lowest BCUT2D eigenvalue weighted by molar-refractivity contribution is 0.0967. The van der Waals surface area contributed by atoms with Crippen molar-refractivity contribution < 1.29 is 9.53 Å². The van der Waals surface area contributed by atoms with E-state index in [-0.39, 0.29) is 11.9 Å². The van der Waals surface area contributed by atoms with Gasteiger partial charge in [-0.15, -0.1) is 11.3 Å². The van der Waals surface area contributed by atoms with Crippen LogP contribution in [0, 0.1) is 5.92 Å². The Morgan fingerprint density at radius 1 is 1.23 bits per heavy atom. The van der Waals surface area contributed by atoms with Crippen LogP contribution in [-0.4, -0.2) is 18.5 Å². The highest BCUT2D eigenvalue weighted by Gasteiger charge is 2.11. The molecule has 0 aliphatic heterocycles. The maximum Gasteiger partial charge on any atom is 0.292 e. The van der Waals surface area contributed by atoms with Gasteiger partial charge in [0.1, 0.15) is 0 Å². The Labute approximate surface area is 134 Å². The maximum absolute atomic E-state index is 12.1. The lowest BCUT2D eigenvalue weighted by atomic mass is 10.2. The Hall–Kier alpha value is -2.14. The van der Waals surface area contributed by atoms with Gasteiger partial charge in [0.05, 0.1) is 18.0 Å². The number of aliphatic imine (C=N–C) groups is 1.